The van der Waals surface area contributed by atoms with Gasteiger partial charge in [-0.25, -0.2) is 4.98 Å². The number of nitrogens with zero attached hydrogens (tertiary/aromatic N) is 3. The van der Waals surface area contributed by atoms with Gasteiger partial charge in [-0.15, -0.1) is 5.10 Å². The van der Waals surface area contributed by atoms with Gasteiger partial charge >= 0.3 is 0 Å². The molecule has 9 heteroatoms. The molecule has 3 rings (SSSR count). The molecule has 0 unspecified atom stereocenters. The second kappa shape index (κ2) is 7.23. The quantitative estimate of drug-likeness (QED) is 0.788. The van der Waals surface area contributed by atoms with Crippen molar-refractivity contribution >= 4 is 40.9 Å². The molecule has 7 nitrogen and oxygen atoms in total. The van der Waals surface area contributed by atoms with Crippen molar-refractivity contribution in [2.45, 2.75) is 24.5 Å². The van der Waals surface area contributed by atoms with Crippen LogP contribution in [0.5, 0.6) is 0 Å². The van der Waals surface area contributed by atoms with E-state index in [1.165, 1.54) is 11.8 Å². The summed E-state index contributed by atoms with van der Waals surface area (Å²) in [6.07, 6.45) is 0.265. The number of hydrogen-bond acceptors (Lipinski definition) is 5. The average molecular weight is 366 g/mol. The Morgan fingerprint density at radius 3 is 3.00 bits per heavy atom. The smallest absolute Gasteiger partial charge is 0.230 e. The Labute approximate surface area is 148 Å². The van der Waals surface area contributed by atoms with Crippen molar-refractivity contribution in [2.75, 3.05) is 17.2 Å². The molecule has 2 aromatic rings. The van der Waals surface area contributed by atoms with E-state index in [1.54, 1.807) is 24.0 Å². The third-order valence-corrected chi connectivity index (χ3v) is 4.71. The number of amides is 2. The molecule has 1 aromatic carbocycles. The second-order valence-corrected chi connectivity index (χ2v) is 6.77. The summed E-state index contributed by atoms with van der Waals surface area (Å²) in [4.78, 5) is 30.0. The molecular formula is C15H16ClN5O2S. The molecule has 1 aliphatic heterocycles. The summed E-state index contributed by atoms with van der Waals surface area (Å²) >= 11 is 7.39. The third-order valence-electron chi connectivity index (χ3n) is 3.54. The second-order valence-electron chi connectivity index (χ2n) is 5.42. The van der Waals surface area contributed by atoms with Crippen molar-refractivity contribution in [1.29, 1.82) is 0 Å². The number of aromatic nitrogens is 3. The standard InChI is InChI=1S/C15H16ClN5O2S/c1-9-17-15(20-19-9)24-8-13(22)18-10-6-14(23)21(7-10)12-5-3-2-4-11(12)16/h2-5,10H,6-8H2,1H3,(H,18,22)(H,17,19,20)/t10-/m1/s1. The monoisotopic (exact) mass is 365 g/mol. The normalized spacial score (nSPS) is 17.3. The minimum absolute atomic E-state index is 0.0503. The molecule has 1 aromatic heterocycles. The molecule has 24 heavy (non-hydrogen) atoms. The van der Waals surface area contributed by atoms with Gasteiger partial charge in [0.1, 0.15) is 5.82 Å². The van der Waals surface area contributed by atoms with Crippen LogP contribution in [0.1, 0.15) is 12.2 Å². The molecule has 1 saturated heterocycles. The first kappa shape index (κ1) is 16.8. The van der Waals surface area contributed by atoms with E-state index in [1.807, 2.05) is 12.1 Å². The molecule has 2 amide bonds. The van der Waals surface area contributed by atoms with Crippen LogP contribution < -0.4 is 10.2 Å². The number of halogens is 1. The van der Waals surface area contributed by atoms with Crippen LogP contribution in [0.25, 0.3) is 0 Å². The summed E-state index contributed by atoms with van der Waals surface area (Å²) < 4.78 is 0. The highest BCUT2D eigenvalue weighted by Crippen LogP contribution is 2.29. The van der Waals surface area contributed by atoms with Gasteiger partial charge in [0.2, 0.25) is 17.0 Å². The van der Waals surface area contributed by atoms with Crippen molar-refractivity contribution in [3.8, 4) is 0 Å². The molecule has 2 N–H and O–H groups in total. The van der Waals surface area contributed by atoms with Crippen molar-refractivity contribution in [3.63, 3.8) is 0 Å². The summed E-state index contributed by atoms with van der Waals surface area (Å²) in [6, 6.07) is 6.96. The SMILES string of the molecule is Cc1nc(SCC(=O)N[C@@H]2CC(=O)N(c3ccccc3Cl)C2)n[nH]1. The number of thioether (sulfide) groups is 1. The first-order chi connectivity index (χ1) is 11.5. The van der Waals surface area contributed by atoms with Gasteiger partial charge in [-0.1, -0.05) is 35.5 Å². The predicted octanol–water partition coefficient (Wildman–Crippen LogP) is 1.78. The van der Waals surface area contributed by atoms with Crippen molar-refractivity contribution in [1.82, 2.24) is 20.5 Å². The molecule has 0 saturated carbocycles. The summed E-state index contributed by atoms with van der Waals surface area (Å²) in [5.41, 5.74) is 0.673. The highest BCUT2D eigenvalue weighted by Gasteiger charge is 2.32. The number of hydrogen-bond donors (Lipinski definition) is 2. The summed E-state index contributed by atoms with van der Waals surface area (Å²) in [5, 5.41) is 10.6. The maximum absolute atomic E-state index is 12.2. The number of rotatable bonds is 5. The number of nitrogens with one attached hydrogen (secondary N) is 2. The maximum atomic E-state index is 12.2. The van der Waals surface area contributed by atoms with Crippen LogP contribution in [-0.2, 0) is 9.59 Å². The van der Waals surface area contributed by atoms with Crippen molar-refractivity contribution in [3.05, 3.63) is 35.1 Å². The number of benzene rings is 1. The largest absolute Gasteiger partial charge is 0.350 e. The fraction of sp³-hybridized carbons (Fsp3) is 0.333. The number of carbonyl (C=O) groups excluding carboxylic acids is 2. The Balaban J connectivity index is 1.54. The Morgan fingerprint density at radius 2 is 2.29 bits per heavy atom. The highest BCUT2D eigenvalue weighted by atomic mass is 35.5. The summed E-state index contributed by atoms with van der Waals surface area (Å²) in [5.74, 6) is 0.704. The molecule has 1 fully saturated rings. The Hall–Kier alpha value is -2.06. The van der Waals surface area contributed by atoms with Gasteiger partial charge in [0.15, 0.2) is 0 Å². The number of aromatic amines is 1. The predicted molar refractivity (Wildman–Crippen MR) is 92.2 cm³/mol. The molecule has 0 bridgehead atoms. The zero-order chi connectivity index (χ0) is 17.1. The van der Waals surface area contributed by atoms with Crippen LogP contribution in [-0.4, -0.2) is 45.3 Å². The first-order valence-electron chi connectivity index (χ1n) is 7.39. The Morgan fingerprint density at radius 1 is 1.50 bits per heavy atom. The Bertz CT molecular complexity index is 766. The third kappa shape index (κ3) is 3.88. The van der Waals surface area contributed by atoms with Gasteiger partial charge in [-0.2, -0.15) is 0 Å². The summed E-state index contributed by atoms with van der Waals surface area (Å²) in [7, 11) is 0. The van der Waals surface area contributed by atoms with Crippen LogP contribution in [0.15, 0.2) is 29.4 Å². The van der Waals surface area contributed by atoms with Gasteiger partial charge in [0.25, 0.3) is 0 Å². The first-order valence-corrected chi connectivity index (χ1v) is 8.75. The van der Waals surface area contributed by atoms with E-state index < -0.39 is 0 Å². The van der Waals surface area contributed by atoms with E-state index >= 15 is 0 Å². The molecule has 1 aliphatic rings. The lowest BCUT2D eigenvalue weighted by atomic mass is 10.2. The van der Waals surface area contributed by atoms with Crippen LogP contribution in [0.4, 0.5) is 5.69 Å². The molecule has 0 aliphatic carbocycles. The van der Waals surface area contributed by atoms with Gasteiger partial charge in [0, 0.05) is 13.0 Å². The van der Waals surface area contributed by atoms with Crippen LogP contribution in [0.3, 0.4) is 0 Å². The topological polar surface area (TPSA) is 91.0 Å². The molecule has 1 atom stereocenters. The number of para-hydroxylation sites is 1. The average Bonchev–Trinajstić information content (AvgIpc) is 3.11. The van der Waals surface area contributed by atoms with Gasteiger partial charge in [-0.05, 0) is 19.1 Å². The van der Waals surface area contributed by atoms with E-state index in [4.69, 9.17) is 11.6 Å². The van der Waals surface area contributed by atoms with Crippen LogP contribution in [0, 0.1) is 6.92 Å². The Kier molecular flexibility index (Phi) is 5.06. The van der Waals surface area contributed by atoms with Crippen LogP contribution >= 0.6 is 23.4 Å². The number of carbonyl (C=O) groups is 2. The van der Waals surface area contributed by atoms with E-state index in [-0.39, 0.29) is 30.0 Å². The highest BCUT2D eigenvalue weighted by molar-refractivity contribution is 7.99. The van der Waals surface area contributed by atoms with Crippen molar-refractivity contribution in [2.24, 2.45) is 0 Å². The summed E-state index contributed by atoms with van der Waals surface area (Å²) in [6.45, 7) is 2.21. The zero-order valence-electron chi connectivity index (χ0n) is 13.0. The van der Waals surface area contributed by atoms with E-state index in [0.29, 0.717) is 28.2 Å². The minimum atomic E-state index is -0.226. The lowest BCUT2D eigenvalue weighted by Gasteiger charge is -2.18. The fourth-order valence-corrected chi connectivity index (χ4v) is 3.39. The molecule has 0 radical (unpaired) electrons. The molecule has 2 heterocycles. The number of anilines is 1. The maximum Gasteiger partial charge on any atom is 0.230 e. The van der Waals surface area contributed by atoms with Gasteiger partial charge in [-0.3, -0.25) is 14.7 Å². The van der Waals surface area contributed by atoms with E-state index in [2.05, 4.69) is 20.5 Å². The lowest BCUT2D eigenvalue weighted by molar-refractivity contribution is -0.119. The molecule has 126 valence electrons. The van der Waals surface area contributed by atoms with Crippen LogP contribution in [0.2, 0.25) is 5.02 Å². The fourth-order valence-electron chi connectivity index (χ4n) is 2.49. The minimum Gasteiger partial charge on any atom is -0.350 e. The van der Waals surface area contributed by atoms with Gasteiger partial charge in [0.05, 0.1) is 22.5 Å². The number of aryl methyl sites for hydroxylation is 1. The molecule has 0 spiro atoms. The zero-order valence-corrected chi connectivity index (χ0v) is 14.5. The van der Waals surface area contributed by atoms with Crippen molar-refractivity contribution < 1.29 is 9.59 Å². The van der Waals surface area contributed by atoms with Gasteiger partial charge < -0.3 is 10.2 Å². The number of H-pyrrole nitrogens is 1. The lowest BCUT2D eigenvalue weighted by Crippen LogP contribution is -2.38. The molecular weight excluding hydrogens is 350 g/mol. The van der Waals surface area contributed by atoms with E-state index in [9.17, 15) is 9.59 Å². The van der Waals surface area contributed by atoms with E-state index in [0.717, 1.165) is 0 Å².